The zero-order valence-corrected chi connectivity index (χ0v) is 17.9. The number of sulfonamides is 1. The first-order valence-electron chi connectivity index (χ1n) is 10.3. The number of carbonyl (C=O) groups is 1. The van der Waals surface area contributed by atoms with Crippen LogP contribution in [0.3, 0.4) is 0 Å². The van der Waals surface area contributed by atoms with Crippen LogP contribution in [0.25, 0.3) is 16.9 Å². The third kappa shape index (κ3) is 4.25. The van der Waals surface area contributed by atoms with Gasteiger partial charge in [-0.15, -0.1) is 0 Å². The Morgan fingerprint density at radius 1 is 1.03 bits per heavy atom. The van der Waals surface area contributed by atoms with Gasteiger partial charge < -0.3 is 5.32 Å². The molecule has 0 saturated heterocycles. The van der Waals surface area contributed by atoms with Gasteiger partial charge >= 0.3 is 0 Å². The van der Waals surface area contributed by atoms with Crippen molar-refractivity contribution < 1.29 is 13.2 Å². The average Bonchev–Trinajstić information content (AvgIpc) is 3.56. The van der Waals surface area contributed by atoms with Crippen LogP contribution in [0.2, 0.25) is 0 Å². The monoisotopic (exact) mass is 447 g/mol. The second-order valence-electron chi connectivity index (χ2n) is 7.79. The summed E-state index contributed by atoms with van der Waals surface area (Å²) in [6, 6.07) is 17.3. The van der Waals surface area contributed by atoms with Crippen LogP contribution in [-0.2, 0) is 10.0 Å². The van der Waals surface area contributed by atoms with Crippen molar-refractivity contribution in [3.05, 3.63) is 78.8 Å². The Labute approximate surface area is 185 Å². The quantitative estimate of drug-likeness (QED) is 0.452. The molecule has 0 aliphatic heterocycles. The molecule has 4 aromatic rings. The molecule has 32 heavy (non-hydrogen) atoms. The number of pyridine rings is 1. The van der Waals surface area contributed by atoms with Gasteiger partial charge in [0.1, 0.15) is 12.1 Å². The fourth-order valence-electron chi connectivity index (χ4n) is 3.38. The first-order valence-corrected chi connectivity index (χ1v) is 11.8. The Hall–Kier alpha value is -3.56. The van der Waals surface area contributed by atoms with Crippen LogP contribution >= 0.6 is 0 Å². The summed E-state index contributed by atoms with van der Waals surface area (Å²) in [6.45, 7) is 0.434. The zero-order chi connectivity index (χ0) is 22.1. The molecule has 0 radical (unpaired) electrons. The Morgan fingerprint density at radius 3 is 2.66 bits per heavy atom. The van der Waals surface area contributed by atoms with Crippen LogP contribution in [-0.4, -0.2) is 35.4 Å². The lowest BCUT2D eigenvalue weighted by Gasteiger charge is -2.09. The summed E-state index contributed by atoms with van der Waals surface area (Å²) in [5.74, 6) is 0.686. The maximum Gasteiger partial charge on any atom is 0.255 e. The highest BCUT2D eigenvalue weighted by molar-refractivity contribution is 7.89. The molecule has 5 rings (SSSR count). The standard InChI is InChI=1S/C23H21N5O3S/c29-23(17-4-3-5-19(12-17)32(30,31)26-13-16-8-9-16)27-18-10-11-22(24-14-18)28-15-25-20-6-1-2-7-21(20)28/h1-7,10-12,14-16,26H,8-9,13H2,(H,27,29). The predicted molar refractivity (Wildman–Crippen MR) is 121 cm³/mol. The largest absolute Gasteiger partial charge is 0.321 e. The van der Waals surface area contributed by atoms with E-state index in [4.69, 9.17) is 0 Å². The number of fused-ring (bicyclic) bond motifs is 1. The molecule has 1 amide bonds. The molecule has 2 N–H and O–H groups in total. The van der Waals surface area contributed by atoms with Crippen LogP contribution in [0.4, 0.5) is 5.69 Å². The lowest BCUT2D eigenvalue weighted by atomic mass is 10.2. The maximum absolute atomic E-state index is 12.7. The van der Waals surface area contributed by atoms with Crippen LogP contribution in [0.5, 0.6) is 0 Å². The molecule has 1 saturated carbocycles. The molecule has 1 fully saturated rings. The van der Waals surface area contributed by atoms with Crippen molar-refractivity contribution in [2.75, 3.05) is 11.9 Å². The Balaban J connectivity index is 1.31. The lowest BCUT2D eigenvalue weighted by Crippen LogP contribution is -2.26. The van der Waals surface area contributed by atoms with E-state index in [1.54, 1.807) is 36.8 Å². The molecule has 1 aliphatic carbocycles. The van der Waals surface area contributed by atoms with E-state index in [9.17, 15) is 13.2 Å². The van der Waals surface area contributed by atoms with E-state index in [2.05, 4.69) is 20.0 Å². The van der Waals surface area contributed by atoms with Gasteiger partial charge in [-0.3, -0.25) is 9.36 Å². The predicted octanol–water partition coefficient (Wildman–Crippen LogP) is 3.36. The normalized spacial score (nSPS) is 13.9. The molecule has 0 unspecified atom stereocenters. The van der Waals surface area contributed by atoms with Gasteiger partial charge in [0, 0.05) is 12.1 Å². The van der Waals surface area contributed by atoms with Gasteiger partial charge in [0.2, 0.25) is 10.0 Å². The molecule has 2 aromatic carbocycles. The van der Waals surface area contributed by atoms with Crippen molar-refractivity contribution in [1.29, 1.82) is 0 Å². The minimum atomic E-state index is -3.64. The number of anilines is 1. The molecule has 0 atom stereocenters. The van der Waals surface area contributed by atoms with E-state index in [0.29, 0.717) is 24.0 Å². The molecule has 0 bridgehead atoms. The zero-order valence-electron chi connectivity index (χ0n) is 17.1. The Morgan fingerprint density at radius 2 is 1.88 bits per heavy atom. The number of benzene rings is 2. The van der Waals surface area contributed by atoms with Crippen molar-refractivity contribution in [3.8, 4) is 5.82 Å². The number of carbonyl (C=O) groups excluding carboxylic acids is 1. The van der Waals surface area contributed by atoms with E-state index in [1.807, 2.05) is 28.8 Å². The van der Waals surface area contributed by atoms with Gasteiger partial charge in [-0.05, 0) is 61.2 Å². The van der Waals surface area contributed by atoms with E-state index < -0.39 is 15.9 Å². The smallest absolute Gasteiger partial charge is 0.255 e. The number of hydrogen-bond donors (Lipinski definition) is 2. The fraction of sp³-hybridized carbons (Fsp3) is 0.174. The summed E-state index contributed by atoms with van der Waals surface area (Å²) in [7, 11) is -3.64. The van der Waals surface area contributed by atoms with Crippen molar-refractivity contribution in [3.63, 3.8) is 0 Å². The molecule has 2 heterocycles. The molecular formula is C23H21N5O3S. The van der Waals surface area contributed by atoms with Crippen molar-refractivity contribution in [1.82, 2.24) is 19.3 Å². The van der Waals surface area contributed by atoms with Crippen LogP contribution in [0.15, 0.2) is 78.1 Å². The van der Waals surface area contributed by atoms with Gasteiger partial charge in [0.15, 0.2) is 0 Å². The summed E-state index contributed by atoms with van der Waals surface area (Å²) in [4.78, 5) is 21.5. The number of nitrogens with one attached hydrogen (secondary N) is 2. The van der Waals surface area contributed by atoms with Gasteiger partial charge in [0.05, 0.1) is 27.8 Å². The summed E-state index contributed by atoms with van der Waals surface area (Å²) in [6.07, 6.45) is 5.36. The summed E-state index contributed by atoms with van der Waals surface area (Å²) >= 11 is 0. The van der Waals surface area contributed by atoms with Crippen molar-refractivity contribution in [2.45, 2.75) is 17.7 Å². The summed E-state index contributed by atoms with van der Waals surface area (Å²) in [5, 5.41) is 2.77. The maximum atomic E-state index is 12.7. The highest BCUT2D eigenvalue weighted by atomic mass is 32.2. The number of hydrogen-bond acceptors (Lipinski definition) is 5. The molecule has 0 spiro atoms. The molecule has 8 nitrogen and oxygen atoms in total. The Bertz CT molecular complexity index is 1390. The third-order valence-electron chi connectivity index (χ3n) is 5.37. The van der Waals surface area contributed by atoms with Crippen molar-refractivity contribution in [2.24, 2.45) is 5.92 Å². The SMILES string of the molecule is O=C(Nc1ccc(-n2cnc3ccccc32)nc1)c1cccc(S(=O)(=O)NCC2CC2)c1. The fourth-order valence-corrected chi connectivity index (χ4v) is 4.55. The third-order valence-corrected chi connectivity index (χ3v) is 6.79. The number of amides is 1. The van der Waals surface area contributed by atoms with Crippen LogP contribution in [0.1, 0.15) is 23.2 Å². The average molecular weight is 448 g/mol. The molecule has 2 aromatic heterocycles. The molecule has 9 heteroatoms. The topological polar surface area (TPSA) is 106 Å². The number of imidazole rings is 1. The highest BCUT2D eigenvalue weighted by Crippen LogP contribution is 2.28. The molecular weight excluding hydrogens is 426 g/mol. The first kappa shape index (κ1) is 20.3. The van der Waals surface area contributed by atoms with Crippen molar-refractivity contribution >= 4 is 32.7 Å². The summed E-state index contributed by atoms with van der Waals surface area (Å²) in [5.41, 5.74) is 2.56. The van der Waals surface area contributed by atoms with Gasteiger partial charge in [-0.2, -0.15) is 0 Å². The number of para-hydroxylation sites is 2. The second-order valence-corrected chi connectivity index (χ2v) is 9.55. The summed E-state index contributed by atoms with van der Waals surface area (Å²) < 4.78 is 29.4. The van der Waals surface area contributed by atoms with E-state index in [-0.39, 0.29) is 10.5 Å². The number of nitrogens with zero attached hydrogens (tertiary/aromatic N) is 3. The highest BCUT2D eigenvalue weighted by Gasteiger charge is 2.24. The Kier molecular flexibility index (Phi) is 5.20. The van der Waals surface area contributed by atoms with Gasteiger partial charge in [0.25, 0.3) is 5.91 Å². The van der Waals surface area contributed by atoms with Crippen LogP contribution < -0.4 is 10.0 Å². The van der Waals surface area contributed by atoms with Gasteiger partial charge in [-0.25, -0.2) is 23.1 Å². The van der Waals surface area contributed by atoms with E-state index in [1.165, 1.54) is 12.1 Å². The van der Waals surface area contributed by atoms with Crippen LogP contribution in [0, 0.1) is 5.92 Å². The minimum Gasteiger partial charge on any atom is -0.321 e. The minimum absolute atomic E-state index is 0.0752. The first-order chi connectivity index (χ1) is 15.5. The van der Waals surface area contributed by atoms with E-state index in [0.717, 1.165) is 23.9 Å². The molecule has 1 aliphatic rings. The van der Waals surface area contributed by atoms with E-state index >= 15 is 0 Å². The van der Waals surface area contributed by atoms with Gasteiger partial charge in [-0.1, -0.05) is 18.2 Å². The number of aromatic nitrogens is 3. The lowest BCUT2D eigenvalue weighted by molar-refractivity contribution is 0.102. The molecule has 162 valence electrons. The number of rotatable bonds is 7. The second kappa shape index (κ2) is 8.18.